The third kappa shape index (κ3) is 3.17. The molecule has 4 nitrogen and oxygen atoms in total. The van der Waals surface area contributed by atoms with E-state index in [0.717, 1.165) is 29.7 Å². The fraction of sp³-hybridized carbons (Fsp3) is 0.222. The number of carboxylic acids is 1. The molecule has 0 fully saturated rings. The van der Waals surface area contributed by atoms with Crippen molar-refractivity contribution in [3.8, 4) is 0 Å². The number of carbonyl (C=O) groups is 2. The summed E-state index contributed by atoms with van der Waals surface area (Å²) in [6.07, 6.45) is 1.59. The lowest BCUT2D eigenvalue weighted by atomic mass is 10.0. The predicted molar refractivity (Wildman–Crippen MR) is 86.6 cm³/mol. The molecule has 2 aromatic rings. The zero-order chi connectivity index (χ0) is 16.1. The summed E-state index contributed by atoms with van der Waals surface area (Å²) in [5.41, 5.74) is 3.05. The van der Waals surface area contributed by atoms with E-state index in [1.54, 1.807) is 12.1 Å². The largest absolute Gasteiger partial charge is 0.478 e. The lowest BCUT2D eigenvalue weighted by Gasteiger charge is -2.15. The van der Waals surface area contributed by atoms with Gasteiger partial charge in [0.1, 0.15) is 0 Å². The Morgan fingerprint density at radius 2 is 1.45 bits per heavy atom. The van der Waals surface area contributed by atoms with Crippen molar-refractivity contribution in [1.82, 2.24) is 0 Å². The average molecular weight is 297 g/mol. The van der Waals surface area contributed by atoms with Gasteiger partial charge in [-0.1, -0.05) is 44.2 Å². The topological polar surface area (TPSA) is 66.4 Å². The number of amides is 1. The zero-order valence-corrected chi connectivity index (χ0v) is 12.7. The number of aromatic carboxylic acids is 1. The van der Waals surface area contributed by atoms with Crippen LogP contribution >= 0.6 is 0 Å². The molecule has 114 valence electrons. The average Bonchev–Trinajstić information content (AvgIpc) is 2.54. The minimum Gasteiger partial charge on any atom is -0.478 e. The van der Waals surface area contributed by atoms with Gasteiger partial charge in [0.2, 0.25) is 0 Å². The van der Waals surface area contributed by atoms with E-state index in [0.29, 0.717) is 0 Å². The lowest BCUT2D eigenvalue weighted by molar-refractivity contribution is 0.0692. The maximum absolute atomic E-state index is 12.5. The van der Waals surface area contributed by atoms with Crippen LogP contribution in [-0.2, 0) is 12.8 Å². The monoisotopic (exact) mass is 297 g/mol. The Bertz CT molecular complexity index is 685. The molecule has 0 bridgehead atoms. The molecule has 2 aromatic carbocycles. The standard InChI is InChI=1S/C18H19NO3/c1-3-12-8-7-9-13(4-2)16(12)19-17(20)14-10-5-6-11-15(14)18(21)22/h5-11H,3-4H2,1-2H3,(H,19,20)(H,21,22). The van der Waals surface area contributed by atoms with Crippen molar-refractivity contribution in [3.63, 3.8) is 0 Å². The number of carbonyl (C=O) groups excluding carboxylic acids is 1. The van der Waals surface area contributed by atoms with E-state index in [1.165, 1.54) is 12.1 Å². The van der Waals surface area contributed by atoms with E-state index in [9.17, 15) is 14.7 Å². The Kier molecular flexibility index (Phi) is 4.94. The molecule has 0 atom stereocenters. The quantitative estimate of drug-likeness (QED) is 0.883. The van der Waals surface area contributed by atoms with Crippen LogP contribution in [0.1, 0.15) is 45.7 Å². The normalized spacial score (nSPS) is 10.3. The van der Waals surface area contributed by atoms with Gasteiger partial charge in [0.05, 0.1) is 11.1 Å². The number of nitrogens with one attached hydrogen (secondary N) is 1. The second kappa shape index (κ2) is 6.89. The maximum Gasteiger partial charge on any atom is 0.336 e. The van der Waals surface area contributed by atoms with Crippen LogP contribution in [0.3, 0.4) is 0 Å². The fourth-order valence-corrected chi connectivity index (χ4v) is 2.45. The highest BCUT2D eigenvalue weighted by Crippen LogP contribution is 2.23. The van der Waals surface area contributed by atoms with E-state index in [4.69, 9.17) is 0 Å². The first-order chi connectivity index (χ1) is 10.6. The van der Waals surface area contributed by atoms with Gasteiger partial charge in [-0.15, -0.1) is 0 Å². The van der Waals surface area contributed by atoms with Crippen LogP contribution in [0.2, 0.25) is 0 Å². The minimum atomic E-state index is -1.11. The van der Waals surface area contributed by atoms with Crippen LogP contribution < -0.4 is 5.32 Å². The van der Waals surface area contributed by atoms with Crippen LogP contribution in [0.15, 0.2) is 42.5 Å². The van der Waals surface area contributed by atoms with Gasteiger partial charge in [-0.05, 0) is 36.1 Å². The Balaban J connectivity index is 2.40. The number of benzene rings is 2. The van der Waals surface area contributed by atoms with E-state index < -0.39 is 11.9 Å². The van der Waals surface area contributed by atoms with Gasteiger partial charge in [0.25, 0.3) is 5.91 Å². The molecule has 0 aromatic heterocycles. The number of carboxylic acid groups (broad SMARTS) is 1. The number of rotatable bonds is 5. The number of anilines is 1. The van der Waals surface area contributed by atoms with Crippen molar-refractivity contribution in [2.75, 3.05) is 5.32 Å². The highest BCUT2D eigenvalue weighted by molar-refractivity contribution is 6.11. The molecular weight excluding hydrogens is 278 g/mol. The van der Waals surface area contributed by atoms with Crippen molar-refractivity contribution >= 4 is 17.6 Å². The molecule has 0 spiro atoms. The Morgan fingerprint density at radius 1 is 0.909 bits per heavy atom. The van der Waals surface area contributed by atoms with E-state index in [2.05, 4.69) is 5.32 Å². The minimum absolute atomic E-state index is 0.00651. The number of hydrogen-bond donors (Lipinski definition) is 2. The van der Waals surface area contributed by atoms with Gasteiger partial charge in [0.15, 0.2) is 0 Å². The summed E-state index contributed by atoms with van der Waals surface area (Å²) < 4.78 is 0. The van der Waals surface area contributed by atoms with Gasteiger partial charge in [-0.25, -0.2) is 4.79 Å². The summed E-state index contributed by atoms with van der Waals surface area (Å²) in [5, 5.41) is 12.1. The lowest BCUT2D eigenvalue weighted by Crippen LogP contribution is -2.18. The number of para-hydroxylation sites is 1. The van der Waals surface area contributed by atoms with E-state index in [1.807, 2.05) is 32.0 Å². The molecule has 0 radical (unpaired) electrons. The summed E-state index contributed by atoms with van der Waals surface area (Å²) in [6, 6.07) is 12.1. The van der Waals surface area contributed by atoms with Gasteiger partial charge in [0, 0.05) is 5.69 Å². The predicted octanol–water partition coefficient (Wildman–Crippen LogP) is 3.76. The second-order valence-corrected chi connectivity index (χ2v) is 4.96. The maximum atomic E-state index is 12.5. The van der Waals surface area contributed by atoms with Gasteiger partial charge in [-0.3, -0.25) is 4.79 Å². The van der Waals surface area contributed by atoms with E-state index >= 15 is 0 Å². The van der Waals surface area contributed by atoms with Crippen molar-refractivity contribution in [2.24, 2.45) is 0 Å². The third-order valence-corrected chi connectivity index (χ3v) is 3.64. The molecule has 0 unspecified atom stereocenters. The molecule has 2 N–H and O–H groups in total. The van der Waals surface area contributed by atoms with Crippen molar-refractivity contribution in [2.45, 2.75) is 26.7 Å². The number of hydrogen-bond acceptors (Lipinski definition) is 2. The second-order valence-electron chi connectivity index (χ2n) is 4.96. The molecule has 4 heteroatoms. The van der Waals surface area contributed by atoms with Crippen molar-refractivity contribution in [1.29, 1.82) is 0 Å². The smallest absolute Gasteiger partial charge is 0.336 e. The van der Waals surface area contributed by atoms with Crippen LogP contribution in [0.25, 0.3) is 0 Å². The molecule has 22 heavy (non-hydrogen) atoms. The first kappa shape index (κ1) is 15.8. The fourth-order valence-electron chi connectivity index (χ4n) is 2.45. The first-order valence-electron chi connectivity index (χ1n) is 7.32. The molecule has 0 aliphatic carbocycles. The highest BCUT2D eigenvalue weighted by Gasteiger charge is 2.17. The molecule has 2 rings (SSSR count). The Hall–Kier alpha value is -2.62. The summed E-state index contributed by atoms with van der Waals surface area (Å²) in [6.45, 7) is 4.05. The Morgan fingerprint density at radius 3 is 1.95 bits per heavy atom. The van der Waals surface area contributed by atoms with Crippen LogP contribution in [0, 0.1) is 0 Å². The zero-order valence-electron chi connectivity index (χ0n) is 12.7. The summed E-state index contributed by atoms with van der Waals surface area (Å²) >= 11 is 0. The molecule has 0 heterocycles. The molecule has 0 saturated carbocycles. The SMILES string of the molecule is CCc1cccc(CC)c1NC(=O)c1ccccc1C(=O)O. The van der Waals surface area contributed by atoms with Gasteiger partial charge in [-0.2, -0.15) is 0 Å². The van der Waals surface area contributed by atoms with Crippen LogP contribution in [0.5, 0.6) is 0 Å². The number of aryl methyl sites for hydroxylation is 2. The summed E-state index contributed by atoms with van der Waals surface area (Å²) in [5.74, 6) is -1.50. The summed E-state index contributed by atoms with van der Waals surface area (Å²) in [7, 11) is 0. The molecule has 1 amide bonds. The van der Waals surface area contributed by atoms with E-state index in [-0.39, 0.29) is 11.1 Å². The molecule has 0 aliphatic rings. The molecule has 0 aliphatic heterocycles. The molecule has 0 saturated heterocycles. The first-order valence-corrected chi connectivity index (χ1v) is 7.32. The summed E-state index contributed by atoms with van der Waals surface area (Å²) in [4.78, 5) is 23.7. The van der Waals surface area contributed by atoms with Crippen molar-refractivity contribution in [3.05, 3.63) is 64.7 Å². The van der Waals surface area contributed by atoms with Crippen molar-refractivity contribution < 1.29 is 14.7 Å². The third-order valence-electron chi connectivity index (χ3n) is 3.64. The van der Waals surface area contributed by atoms with Crippen LogP contribution in [0.4, 0.5) is 5.69 Å². The molecular formula is C18H19NO3. The Labute approximate surface area is 129 Å². The van der Waals surface area contributed by atoms with Crippen LogP contribution in [-0.4, -0.2) is 17.0 Å². The van der Waals surface area contributed by atoms with Gasteiger partial charge < -0.3 is 10.4 Å². The highest BCUT2D eigenvalue weighted by atomic mass is 16.4. The van der Waals surface area contributed by atoms with Gasteiger partial charge >= 0.3 is 5.97 Å².